The fourth-order valence-corrected chi connectivity index (χ4v) is 3.04. The number of anilines is 1. The van der Waals surface area contributed by atoms with E-state index in [1.54, 1.807) is 36.8 Å². The average Bonchev–Trinajstić information content (AvgIpc) is 2.79. The quantitative estimate of drug-likeness (QED) is 0.649. The average molecular weight is 369 g/mol. The molecule has 6 heteroatoms. The SMILES string of the molecule is O=C(c1ccnc(C#Cc2ccccc2)c1)N1CCN(c2ncccn2)CC1. The predicted molar refractivity (Wildman–Crippen MR) is 107 cm³/mol. The summed E-state index contributed by atoms with van der Waals surface area (Å²) in [6.45, 7) is 2.68. The van der Waals surface area contributed by atoms with Gasteiger partial charge in [0.05, 0.1) is 0 Å². The summed E-state index contributed by atoms with van der Waals surface area (Å²) in [4.78, 5) is 29.6. The van der Waals surface area contributed by atoms with Crippen LogP contribution in [0.5, 0.6) is 0 Å². The van der Waals surface area contributed by atoms with Crippen molar-refractivity contribution in [3.05, 3.63) is 83.9 Å². The van der Waals surface area contributed by atoms with Gasteiger partial charge in [0.15, 0.2) is 0 Å². The van der Waals surface area contributed by atoms with Crippen molar-refractivity contribution in [1.29, 1.82) is 0 Å². The minimum absolute atomic E-state index is 0.00112. The predicted octanol–water partition coefficient (Wildman–Crippen LogP) is 2.23. The second-order valence-electron chi connectivity index (χ2n) is 6.37. The fourth-order valence-electron chi connectivity index (χ4n) is 3.04. The number of hydrogen-bond donors (Lipinski definition) is 0. The Morgan fingerprint density at radius 2 is 1.57 bits per heavy atom. The van der Waals surface area contributed by atoms with Crippen LogP contribution in [0.3, 0.4) is 0 Å². The van der Waals surface area contributed by atoms with Gasteiger partial charge in [-0.05, 0) is 36.3 Å². The normalized spacial score (nSPS) is 13.6. The summed E-state index contributed by atoms with van der Waals surface area (Å²) < 4.78 is 0. The van der Waals surface area contributed by atoms with Gasteiger partial charge in [-0.1, -0.05) is 24.1 Å². The molecule has 3 aromatic rings. The molecule has 1 amide bonds. The van der Waals surface area contributed by atoms with E-state index in [1.165, 1.54) is 0 Å². The summed E-state index contributed by atoms with van der Waals surface area (Å²) in [5.74, 6) is 6.81. The summed E-state index contributed by atoms with van der Waals surface area (Å²) in [7, 11) is 0. The van der Waals surface area contributed by atoms with Crippen molar-refractivity contribution in [3.63, 3.8) is 0 Å². The van der Waals surface area contributed by atoms with Gasteiger partial charge in [-0.25, -0.2) is 15.0 Å². The largest absolute Gasteiger partial charge is 0.337 e. The van der Waals surface area contributed by atoms with Crippen LogP contribution in [0.4, 0.5) is 5.95 Å². The Bertz CT molecular complexity index is 1000. The van der Waals surface area contributed by atoms with E-state index in [0.29, 0.717) is 43.4 Å². The molecule has 1 aliphatic rings. The zero-order valence-electron chi connectivity index (χ0n) is 15.3. The molecule has 1 fully saturated rings. The van der Waals surface area contributed by atoms with Gasteiger partial charge in [0.1, 0.15) is 5.69 Å². The highest BCUT2D eigenvalue weighted by molar-refractivity contribution is 5.94. The van der Waals surface area contributed by atoms with Gasteiger partial charge in [-0.3, -0.25) is 4.79 Å². The third-order valence-corrected chi connectivity index (χ3v) is 4.52. The van der Waals surface area contributed by atoms with Crippen molar-refractivity contribution in [3.8, 4) is 11.8 Å². The number of hydrogen-bond acceptors (Lipinski definition) is 5. The van der Waals surface area contributed by atoms with Crippen LogP contribution in [0.2, 0.25) is 0 Å². The Kier molecular flexibility index (Phi) is 5.25. The molecule has 0 atom stereocenters. The van der Waals surface area contributed by atoms with Gasteiger partial charge in [0.25, 0.3) is 5.91 Å². The van der Waals surface area contributed by atoms with Gasteiger partial charge in [0, 0.05) is 55.9 Å². The van der Waals surface area contributed by atoms with Crippen LogP contribution in [0.25, 0.3) is 0 Å². The topological polar surface area (TPSA) is 62.2 Å². The molecular weight excluding hydrogens is 350 g/mol. The van der Waals surface area contributed by atoms with Crippen LogP contribution in [0, 0.1) is 11.8 Å². The number of rotatable bonds is 2. The van der Waals surface area contributed by atoms with Gasteiger partial charge < -0.3 is 9.80 Å². The molecule has 4 rings (SSSR count). The zero-order valence-corrected chi connectivity index (χ0v) is 15.3. The van der Waals surface area contributed by atoms with Crippen LogP contribution in [0.1, 0.15) is 21.6 Å². The van der Waals surface area contributed by atoms with Gasteiger partial charge >= 0.3 is 0 Å². The van der Waals surface area contributed by atoms with Gasteiger partial charge in [0.2, 0.25) is 5.95 Å². The fraction of sp³-hybridized carbons (Fsp3) is 0.182. The number of benzene rings is 1. The van der Waals surface area contributed by atoms with Gasteiger partial charge in [-0.2, -0.15) is 0 Å². The Morgan fingerprint density at radius 1 is 0.821 bits per heavy atom. The lowest BCUT2D eigenvalue weighted by molar-refractivity contribution is 0.0746. The summed E-state index contributed by atoms with van der Waals surface area (Å²) in [5.41, 5.74) is 2.11. The molecule has 1 saturated heterocycles. The highest BCUT2D eigenvalue weighted by Gasteiger charge is 2.23. The summed E-state index contributed by atoms with van der Waals surface area (Å²) in [6, 6.07) is 15.0. The molecule has 0 radical (unpaired) electrons. The minimum atomic E-state index is -0.00112. The Hall–Kier alpha value is -3.72. The maximum absolute atomic E-state index is 12.9. The molecule has 0 N–H and O–H groups in total. The third kappa shape index (κ3) is 4.15. The second kappa shape index (κ2) is 8.31. The lowest BCUT2D eigenvalue weighted by Crippen LogP contribution is -2.49. The molecule has 2 aromatic heterocycles. The van der Waals surface area contributed by atoms with Crippen LogP contribution in [-0.2, 0) is 0 Å². The zero-order chi connectivity index (χ0) is 19.2. The van der Waals surface area contributed by atoms with Crippen molar-refractivity contribution in [1.82, 2.24) is 19.9 Å². The number of piperazine rings is 1. The molecule has 138 valence electrons. The first-order valence-electron chi connectivity index (χ1n) is 9.14. The molecule has 0 aliphatic carbocycles. The monoisotopic (exact) mass is 369 g/mol. The van der Waals surface area contributed by atoms with Crippen molar-refractivity contribution >= 4 is 11.9 Å². The van der Waals surface area contributed by atoms with Crippen LogP contribution < -0.4 is 4.90 Å². The minimum Gasteiger partial charge on any atom is -0.337 e. The molecule has 0 saturated carbocycles. The van der Waals surface area contributed by atoms with E-state index in [-0.39, 0.29) is 5.91 Å². The number of nitrogens with zero attached hydrogens (tertiary/aromatic N) is 5. The van der Waals surface area contributed by atoms with Crippen molar-refractivity contribution in [2.24, 2.45) is 0 Å². The molecule has 28 heavy (non-hydrogen) atoms. The Labute approximate surface area is 163 Å². The highest BCUT2D eigenvalue weighted by atomic mass is 16.2. The molecule has 6 nitrogen and oxygen atoms in total. The van der Waals surface area contributed by atoms with Gasteiger partial charge in [-0.15, -0.1) is 0 Å². The smallest absolute Gasteiger partial charge is 0.254 e. The van der Waals surface area contributed by atoms with E-state index in [4.69, 9.17) is 0 Å². The Balaban J connectivity index is 1.42. The third-order valence-electron chi connectivity index (χ3n) is 4.52. The van der Waals surface area contributed by atoms with E-state index in [1.807, 2.05) is 35.2 Å². The molecule has 0 unspecified atom stereocenters. The van der Waals surface area contributed by atoms with Crippen molar-refractivity contribution < 1.29 is 4.79 Å². The molecule has 1 aromatic carbocycles. The first kappa shape index (κ1) is 17.7. The first-order valence-corrected chi connectivity index (χ1v) is 9.14. The van der Waals surface area contributed by atoms with E-state index >= 15 is 0 Å². The summed E-state index contributed by atoms with van der Waals surface area (Å²) in [6.07, 6.45) is 5.10. The molecule has 3 heterocycles. The lowest BCUT2D eigenvalue weighted by atomic mass is 10.1. The number of carbonyl (C=O) groups excluding carboxylic acids is 1. The van der Waals surface area contributed by atoms with E-state index in [9.17, 15) is 4.79 Å². The van der Waals surface area contributed by atoms with E-state index in [2.05, 4.69) is 31.7 Å². The number of carbonyl (C=O) groups is 1. The standard InChI is InChI=1S/C22H19N5O/c28-21(26-13-15-27(16-14-26)22-24-10-4-11-25-22)19-9-12-23-20(17-19)8-7-18-5-2-1-3-6-18/h1-6,9-12,17H,13-16H2. The second-order valence-corrected chi connectivity index (χ2v) is 6.37. The molecule has 0 spiro atoms. The summed E-state index contributed by atoms with van der Waals surface area (Å²) >= 11 is 0. The van der Waals surface area contributed by atoms with Crippen LogP contribution in [-0.4, -0.2) is 51.9 Å². The van der Waals surface area contributed by atoms with E-state index in [0.717, 1.165) is 5.56 Å². The maximum Gasteiger partial charge on any atom is 0.254 e. The van der Waals surface area contributed by atoms with Crippen molar-refractivity contribution in [2.75, 3.05) is 31.1 Å². The summed E-state index contributed by atoms with van der Waals surface area (Å²) in [5, 5.41) is 0. The highest BCUT2D eigenvalue weighted by Crippen LogP contribution is 2.13. The maximum atomic E-state index is 12.9. The molecule has 0 bridgehead atoms. The van der Waals surface area contributed by atoms with E-state index < -0.39 is 0 Å². The number of amides is 1. The molecular formula is C22H19N5O. The van der Waals surface area contributed by atoms with Crippen LogP contribution in [0.15, 0.2) is 67.1 Å². The number of pyridine rings is 1. The Morgan fingerprint density at radius 3 is 2.32 bits per heavy atom. The van der Waals surface area contributed by atoms with Crippen LogP contribution >= 0.6 is 0 Å². The first-order chi connectivity index (χ1) is 13.8. The lowest BCUT2D eigenvalue weighted by Gasteiger charge is -2.34. The van der Waals surface area contributed by atoms with Crippen molar-refractivity contribution in [2.45, 2.75) is 0 Å². The number of aromatic nitrogens is 3. The molecule has 1 aliphatic heterocycles.